The second kappa shape index (κ2) is 9.64. The molecule has 1 aromatic carbocycles. The Morgan fingerprint density at radius 1 is 1.15 bits per heavy atom. The highest BCUT2D eigenvalue weighted by Gasteiger charge is 2.16. The van der Waals surface area contributed by atoms with Crippen molar-refractivity contribution in [3.63, 3.8) is 0 Å². The fraction of sp³-hybridized carbons (Fsp3) is 0.375. The molecule has 2 aromatic rings. The third kappa shape index (κ3) is 5.28. The van der Waals surface area contributed by atoms with Crippen LogP contribution in [0.25, 0.3) is 0 Å². The van der Waals surface area contributed by atoms with E-state index in [0.717, 1.165) is 18.5 Å². The molecular weight excluding hydrogens is 578 g/mol. The van der Waals surface area contributed by atoms with Gasteiger partial charge in [-0.3, -0.25) is 0 Å². The number of hydrogen-bond acceptors (Lipinski definition) is 9. The van der Waals surface area contributed by atoms with E-state index in [2.05, 4.69) is 70.7 Å². The number of nitrogens with one attached hydrogen (secondary N) is 1. The number of hydrazone groups is 1. The van der Waals surface area contributed by atoms with Crippen molar-refractivity contribution in [2.24, 2.45) is 5.10 Å². The summed E-state index contributed by atoms with van der Waals surface area (Å²) in [5, 5.41) is 4.25. The van der Waals surface area contributed by atoms with E-state index >= 15 is 0 Å². The third-order valence-electron chi connectivity index (χ3n) is 3.69. The van der Waals surface area contributed by atoms with Crippen LogP contribution in [0.5, 0.6) is 11.8 Å². The maximum absolute atomic E-state index is 5.46. The fourth-order valence-electron chi connectivity index (χ4n) is 2.44. The van der Waals surface area contributed by atoms with Gasteiger partial charge in [0.2, 0.25) is 5.95 Å². The standard InChI is InChI=1S/C16H18I2N6O3/c1-25-13-10(7-11(17)8-12(13)18)9-19-23-14-20-15(22-16(21-14)26-2)24-3-5-27-6-4-24/h7-9H,3-6H2,1-2H3,(H,20,21,22,23). The average Bonchev–Trinajstić information content (AvgIpc) is 2.68. The van der Waals surface area contributed by atoms with Gasteiger partial charge >= 0.3 is 6.01 Å². The van der Waals surface area contributed by atoms with Crippen molar-refractivity contribution >= 4 is 63.3 Å². The lowest BCUT2D eigenvalue weighted by Gasteiger charge is -2.26. The van der Waals surface area contributed by atoms with E-state index in [1.165, 1.54) is 7.11 Å². The van der Waals surface area contributed by atoms with Crippen LogP contribution in [0.15, 0.2) is 17.2 Å². The van der Waals surface area contributed by atoms with E-state index in [1.807, 2.05) is 17.0 Å². The lowest BCUT2D eigenvalue weighted by Crippen LogP contribution is -2.37. The molecule has 27 heavy (non-hydrogen) atoms. The number of benzene rings is 1. The summed E-state index contributed by atoms with van der Waals surface area (Å²) < 4.78 is 18.1. The second-order valence-corrected chi connectivity index (χ2v) is 7.83. The number of methoxy groups -OCH3 is 2. The number of hydrogen-bond donors (Lipinski definition) is 1. The van der Waals surface area contributed by atoms with Crippen LogP contribution in [0.4, 0.5) is 11.9 Å². The highest BCUT2D eigenvalue weighted by molar-refractivity contribution is 14.1. The van der Waals surface area contributed by atoms with Crippen LogP contribution >= 0.6 is 45.2 Å². The van der Waals surface area contributed by atoms with E-state index in [-0.39, 0.29) is 6.01 Å². The molecule has 0 bridgehead atoms. The molecule has 0 radical (unpaired) electrons. The molecule has 3 rings (SSSR count). The van der Waals surface area contributed by atoms with Crippen LogP contribution < -0.4 is 19.8 Å². The van der Waals surface area contributed by atoms with E-state index in [9.17, 15) is 0 Å². The Balaban J connectivity index is 1.80. The summed E-state index contributed by atoms with van der Waals surface area (Å²) in [6.45, 7) is 2.71. The minimum Gasteiger partial charge on any atom is -0.495 e. The van der Waals surface area contributed by atoms with E-state index < -0.39 is 0 Å². The molecular formula is C16H18I2N6O3. The van der Waals surface area contributed by atoms with Gasteiger partial charge in [-0.2, -0.15) is 20.1 Å². The van der Waals surface area contributed by atoms with Gasteiger partial charge in [0, 0.05) is 22.2 Å². The molecule has 9 nitrogen and oxygen atoms in total. The van der Waals surface area contributed by atoms with Crippen molar-refractivity contribution < 1.29 is 14.2 Å². The van der Waals surface area contributed by atoms with Crippen LogP contribution in [0, 0.1) is 7.14 Å². The Morgan fingerprint density at radius 3 is 2.63 bits per heavy atom. The lowest BCUT2D eigenvalue weighted by atomic mass is 10.2. The number of anilines is 2. The summed E-state index contributed by atoms with van der Waals surface area (Å²) in [7, 11) is 3.16. The first-order valence-corrected chi connectivity index (χ1v) is 10.2. The number of rotatable bonds is 6. The van der Waals surface area contributed by atoms with Crippen molar-refractivity contribution in [1.29, 1.82) is 0 Å². The van der Waals surface area contributed by atoms with E-state index in [0.29, 0.717) is 38.2 Å². The monoisotopic (exact) mass is 596 g/mol. The molecule has 11 heteroatoms. The molecule has 0 amide bonds. The molecule has 1 N–H and O–H groups in total. The number of halogens is 2. The second-order valence-electron chi connectivity index (χ2n) is 5.43. The molecule has 1 aliphatic rings. The van der Waals surface area contributed by atoms with Gasteiger partial charge in [-0.1, -0.05) is 0 Å². The zero-order chi connectivity index (χ0) is 19.2. The normalized spacial score (nSPS) is 14.4. The zero-order valence-electron chi connectivity index (χ0n) is 14.8. The van der Waals surface area contributed by atoms with Crippen molar-refractivity contribution in [1.82, 2.24) is 15.0 Å². The number of aromatic nitrogens is 3. The van der Waals surface area contributed by atoms with Gasteiger partial charge in [0.15, 0.2) is 0 Å². The molecule has 0 spiro atoms. The number of nitrogens with zero attached hydrogens (tertiary/aromatic N) is 5. The Kier molecular flexibility index (Phi) is 7.23. The van der Waals surface area contributed by atoms with Crippen LogP contribution in [-0.2, 0) is 4.74 Å². The molecule has 0 aliphatic carbocycles. The van der Waals surface area contributed by atoms with Gasteiger partial charge in [0.25, 0.3) is 5.95 Å². The first kappa shape index (κ1) is 20.3. The predicted octanol–water partition coefficient (Wildman–Crippen LogP) is 2.38. The minimum absolute atomic E-state index is 0.227. The number of ether oxygens (including phenoxy) is 3. The molecule has 1 aromatic heterocycles. The van der Waals surface area contributed by atoms with Gasteiger partial charge in [0.1, 0.15) is 5.75 Å². The Bertz CT molecular complexity index is 830. The summed E-state index contributed by atoms with van der Waals surface area (Å²) in [5.41, 5.74) is 3.70. The largest absolute Gasteiger partial charge is 0.495 e. The smallest absolute Gasteiger partial charge is 0.322 e. The summed E-state index contributed by atoms with van der Waals surface area (Å²) >= 11 is 4.49. The summed E-state index contributed by atoms with van der Waals surface area (Å²) in [5.74, 6) is 1.60. The molecule has 144 valence electrons. The Hall–Kier alpha value is -1.48. The average molecular weight is 596 g/mol. The van der Waals surface area contributed by atoms with Crippen molar-refractivity contribution in [3.05, 3.63) is 24.8 Å². The molecule has 0 atom stereocenters. The van der Waals surface area contributed by atoms with E-state index in [1.54, 1.807) is 13.3 Å². The van der Waals surface area contributed by atoms with Crippen LogP contribution in [0.3, 0.4) is 0 Å². The first-order valence-electron chi connectivity index (χ1n) is 8.05. The molecule has 1 saturated heterocycles. The molecule has 0 unspecified atom stereocenters. The third-order valence-corrected chi connectivity index (χ3v) is 5.11. The maximum Gasteiger partial charge on any atom is 0.322 e. The molecule has 0 saturated carbocycles. The predicted molar refractivity (Wildman–Crippen MR) is 119 cm³/mol. The van der Waals surface area contributed by atoms with E-state index in [4.69, 9.17) is 14.2 Å². The lowest BCUT2D eigenvalue weighted by molar-refractivity contribution is 0.122. The Morgan fingerprint density at radius 2 is 1.93 bits per heavy atom. The molecule has 1 fully saturated rings. The fourth-order valence-corrected chi connectivity index (χ4v) is 4.55. The zero-order valence-corrected chi connectivity index (χ0v) is 19.1. The first-order chi connectivity index (χ1) is 13.1. The van der Waals surface area contributed by atoms with Crippen molar-refractivity contribution in [3.8, 4) is 11.8 Å². The van der Waals surface area contributed by atoms with Crippen LogP contribution in [0.2, 0.25) is 0 Å². The molecule has 1 aliphatic heterocycles. The van der Waals surface area contributed by atoms with Crippen molar-refractivity contribution in [2.45, 2.75) is 0 Å². The topological polar surface area (TPSA) is 94.0 Å². The summed E-state index contributed by atoms with van der Waals surface area (Å²) in [6, 6.07) is 4.25. The SMILES string of the molecule is COc1nc(NN=Cc2cc(I)cc(I)c2OC)nc(N2CCOCC2)n1. The van der Waals surface area contributed by atoms with Gasteiger partial charge in [-0.25, -0.2) is 5.43 Å². The van der Waals surface area contributed by atoms with Crippen LogP contribution in [-0.4, -0.2) is 61.7 Å². The van der Waals surface area contributed by atoms with Gasteiger partial charge in [-0.15, -0.1) is 0 Å². The van der Waals surface area contributed by atoms with Gasteiger partial charge in [-0.05, 0) is 57.3 Å². The van der Waals surface area contributed by atoms with Gasteiger partial charge in [0.05, 0.1) is 37.2 Å². The van der Waals surface area contributed by atoms with Crippen molar-refractivity contribution in [2.75, 3.05) is 50.8 Å². The van der Waals surface area contributed by atoms with Gasteiger partial charge < -0.3 is 19.1 Å². The number of morpholine rings is 1. The summed E-state index contributed by atoms with van der Waals surface area (Å²) in [4.78, 5) is 14.9. The summed E-state index contributed by atoms with van der Waals surface area (Å²) in [6.07, 6.45) is 1.67. The quantitative estimate of drug-likeness (QED) is 0.309. The highest BCUT2D eigenvalue weighted by atomic mass is 127. The highest BCUT2D eigenvalue weighted by Crippen LogP contribution is 2.27. The molecule has 2 heterocycles. The van der Waals surface area contributed by atoms with Crippen LogP contribution in [0.1, 0.15) is 5.56 Å². The Labute approximate surface area is 184 Å². The minimum atomic E-state index is 0.227. The maximum atomic E-state index is 5.46.